The van der Waals surface area contributed by atoms with Crippen molar-refractivity contribution in [1.82, 2.24) is 10.6 Å². The zero-order valence-corrected chi connectivity index (χ0v) is 19.7. The van der Waals surface area contributed by atoms with Crippen LogP contribution in [0, 0.1) is 29.9 Å². The van der Waals surface area contributed by atoms with E-state index in [0.29, 0.717) is 23.8 Å². The molecule has 2 heterocycles. The lowest BCUT2D eigenvalue weighted by Crippen LogP contribution is -2.62. The Bertz CT molecular complexity index is 1110. The molecule has 3 aromatic carbocycles. The molecule has 2 heteroatoms. The van der Waals surface area contributed by atoms with Crippen LogP contribution >= 0.6 is 0 Å². The van der Waals surface area contributed by atoms with Crippen LogP contribution in [0.3, 0.4) is 0 Å². The van der Waals surface area contributed by atoms with Gasteiger partial charge in [-0.15, -0.1) is 0 Å². The first kappa shape index (κ1) is 21.4. The first-order valence-electron chi connectivity index (χ1n) is 12.7. The largest absolute Gasteiger partial charge is 0.303 e. The van der Waals surface area contributed by atoms with E-state index in [4.69, 9.17) is 0 Å². The van der Waals surface area contributed by atoms with E-state index in [-0.39, 0.29) is 18.1 Å². The van der Waals surface area contributed by atoms with Gasteiger partial charge in [0.1, 0.15) is 0 Å². The molecule has 3 aromatic rings. The van der Waals surface area contributed by atoms with Gasteiger partial charge in [0.25, 0.3) is 0 Å². The second kappa shape index (κ2) is 9.26. The summed E-state index contributed by atoms with van der Waals surface area (Å²) in [5.41, 5.74) is 5.50. The quantitative estimate of drug-likeness (QED) is 0.478. The van der Waals surface area contributed by atoms with Crippen LogP contribution in [0.1, 0.15) is 54.6 Å². The van der Waals surface area contributed by atoms with E-state index < -0.39 is 0 Å². The third kappa shape index (κ3) is 3.80. The molecule has 7 unspecified atom stereocenters. The van der Waals surface area contributed by atoms with Crippen LogP contribution in [-0.2, 0) is 0 Å². The average Bonchev–Trinajstić information content (AvgIpc) is 2.91. The van der Waals surface area contributed by atoms with Crippen LogP contribution < -0.4 is 10.6 Å². The Morgan fingerprint density at radius 2 is 1.38 bits per heavy atom. The van der Waals surface area contributed by atoms with Gasteiger partial charge in [0.15, 0.2) is 0 Å². The van der Waals surface area contributed by atoms with E-state index in [2.05, 4.69) is 121 Å². The highest BCUT2D eigenvalue weighted by molar-refractivity contribution is 5.34. The van der Waals surface area contributed by atoms with Crippen molar-refractivity contribution in [2.45, 2.75) is 43.9 Å². The smallest absolute Gasteiger partial charge is 0.0454 e. The van der Waals surface area contributed by atoms with Gasteiger partial charge in [-0.05, 0) is 42.0 Å². The lowest BCUT2D eigenvalue weighted by atomic mass is 9.59. The minimum atomic E-state index is 0.218. The molecule has 34 heavy (non-hydrogen) atoms. The van der Waals surface area contributed by atoms with Crippen LogP contribution in [0.4, 0.5) is 0 Å². The van der Waals surface area contributed by atoms with E-state index >= 15 is 0 Å². The minimum absolute atomic E-state index is 0.218. The molecule has 0 amide bonds. The number of fused-ring (bicyclic) bond motifs is 2. The molecular weight excluding hydrogens is 412 g/mol. The van der Waals surface area contributed by atoms with E-state index in [1.54, 1.807) is 0 Å². The zero-order chi connectivity index (χ0) is 22.9. The third-order valence-electron chi connectivity index (χ3n) is 8.24. The summed E-state index contributed by atoms with van der Waals surface area (Å²) in [6, 6.07) is 36.1. The lowest BCUT2D eigenvalue weighted by molar-refractivity contribution is -0.00285. The molecule has 1 aliphatic carbocycles. The molecule has 6 rings (SSSR count). The molecular formula is C32H32N2. The molecule has 0 aromatic heterocycles. The van der Waals surface area contributed by atoms with Gasteiger partial charge in [0.05, 0.1) is 0 Å². The summed E-state index contributed by atoms with van der Waals surface area (Å²) in [6.07, 6.45) is 9.14. The lowest BCUT2D eigenvalue weighted by Gasteiger charge is -2.58. The summed E-state index contributed by atoms with van der Waals surface area (Å²) in [5, 5.41) is 8.36. The van der Waals surface area contributed by atoms with E-state index in [9.17, 15) is 0 Å². The van der Waals surface area contributed by atoms with Crippen molar-refractivity contribution in [3.05, 3.63) is 131 Å². The maximum Gasteiger partial charge on any atom is 0.0454 e. The molecule has 2 bridgehead atoms. The predicted molar refractivity (Wildman–Crippen MR) is 138 cm³/mol. The van der Waals surface area contributed by atoms with Crippen molar-refractivity contribution in [3.63, 3.8) is 0 Å². The van der Waals surface area contributed by atoms with Crippen LogP contribution in [0.2, 0.25) is 0 Å². The molecule has 3 aliphatic rings. The first-order valence-corrected chi connectivity index (χ1v) is 12.7. The Morgan fingerprint density at radius 1 is 0.735 bits per heavy atom. The van der Waals surface area contributed by atoms with Crippen molar-refractivity contribution >= 4 is 0 Å². The van der Waals surface area contributed by atoms with Gasteiger partial charge in [0, 0.05) is 41.6 Å². The number of allylic oxidation sites excluding steroid dienone is 3. The summed E-state index contributed by atoms with van der Waals surface area (Å²) < 4.78 is 0. The SMILES string of the molecule is CC1C2C(C3=CC=CCC3)NC(c3ccccc3)C1C(c1ccccc1)NC2c1c#cccc1. The number of hydrogen-bond donors (Lipinski definition) is 2. The summed E-state index contributed by atoms with van der Waals surface area (Å²) in [5.74, 6) is 1.40. The standard InChI is InChI=1S/C32H32N2/c1-22-27-29(23-14-6-2-7-15-23)33-31(25-18-10-4-11-19-25)28(22)32(26-20-12-5-13-21-26)34-30(27)24-16-8-3-9-17-24/h2-10,12,14-18,20,22,27-34H,11,19H2,1H3. The normalized spacial score (nSPS) is 32.5. The summed E-state index contributed by atoms with van der Waals surface area (Å²) in [7, 11) is 0. The number of benzene rings is 2. The van der Waals surface area contributed by atoms with Crippen LogP contribution in [0.15, 0.2) is 103 Å². The van der Waals surface area contributed by atoms with Crippen molar-refractivity contribution in [2.75, 3.05) is 0 Å². The number of rotatable bonds is 4. The molecule has 2 nitrogen and oxygen atoms in total. The van der Waals surface area contributed by atoms with Gasteiger partial charge < -0.3 is 10.6 Å². The average molecular weight is 445 g/mol. The fourth-order valence-electron chi connectivity index (χ4n) is 6.72. The number of piperidine rings is 2. The molecule has 2 N–H and O–H groups in total. The first-order chi connectivity index (χ1) is 16.8. The molecule has 0 spiro atoms. The van der Waals surface area contributed by atoms with Gasteiger partial charge >= 0.3 is 0 Å². The van der Waals surface area contributed by atoms with E-state index in [1.807, 2.05) is 6.07 Å². The maximum atomic E-state index is 4.21. The summed E-state index contributed by atoms with van der Waals surface area (Å²) in [6.45, 7) is 2.49. The highest BCUT2D eigenvalue weighted by Gasteiger charge is 2.54. The Kier molecular flexibility index (Phi) is 5.83. The molecule has 2 aliphatic heterocycles. The third-order valence-corrected chi connectivity index (χ3v) is 8.24. The summed E-state index contributed by atoms with van der Waals surface area (Å²) >= 11 is 0. The Morgan fingerprint density at radius 3 is 1.97 bits per heavy atom. The topological polar surface area (TPSA) is 24.1 Å². The van der Waals surface area contributed by atoms with Crippen LogP contribution in [-0.4, -0.2) is 6.04 Å². The van der Waals surface area contributed by atoms with E-state index in [0.717, 1.165) is 12.8 Å². The van der Waals surface area contributed by atoms with Gasteiger partial charge in [-0.3, -0.25) is 0 Å². The molecule has 7 atom stereocenters. The second-order valence-electron chi connectivity index (χ2n) is 10.0. The Hall–Kier alpha value is -3.12. The monoisotopic (exact) mass is 444 g/mol. The maximum absolute atomic E-state index is 4.21. The van der Waals surface area contributed by atoms with Gasteiger partial charge in [0.2, 0.25) is 0 Å². The van der Waals surface area contributed by atoms with Crippen LogP contribution in [0.5, 0.6) is 0 Å². The Labute approximate surface area is 203 Å². The highest BCUT2D eigenvalue weighted by atomic mass is 15.1. The fraction of sp³-hybridized carbons (Fsp3) is 0.312. The highest BCUT2D eigenvalue weighted by Crippen LogP contribution is 2.54. The van der Waals surface area contributed by atoms with Crippen molar-refractivity contribution in [2.24, 2.45) is 17.8 Å². The van der Waals surface area contributed by atoms with Crippen molar-refractivity contribution in [1.29, 1.82) is 0 Å². The minimum Gasteiger partial charge on any atom is -0.303 e. The Balaban J connectivity index is 1.49. The van der Waals surface area contributed by atoms with Crippen LogP contribution in [0.25, 0.3) is 0 Å². The van der Waals surface area contributed by atoms with Gasteiger partial charge in [-0.1, -0.05) is 110 Å². The van der Waals surface area contributed by atoms with Gasteiger partial charge in [-0.2, -0.15) is 0 Å². The van der Waals surface area contributed by atoms with Crippen molar-refractivity contribution < 1.29 is 0 Å². The molecule has 170 valence electrons. The van der Waals surface area contributed by atoms with E-state index in [1.165, 1.54) is 22.3 Å². The number of hydrogen-bond acceptors (Lipinski definition) is 2. The molecule has 0 saturated carbocycles. The second-order valence-corrected chi connectivity index (χ2v) is 10.0. The zero-order valence-electron chi connectivity index (χ0n) is 19.7. The molecule has 2 fully saturated rings. The predicted octanol–water partition coefficient (Wildman–Crippen LogP) is 6.53. The fourth-order valence-corrected chi connectivity index (χ4v) is 6.72. The van der Waals surface area contributed by atoms with Crippen molar-refractivity contribution in [3.8, 4) is 0 Å². The van der Waals surface area contributed by atoms with Gasteiger partial charge in [-0.25, -0.2) is 0 Å². The molecule has 0 radical (unpaired) electrons. The molecule has 2 saturated heterocycles. The summed E-state index contributed by atoms with van der Waals surface area (Å²) in [4.78, 5) is 0. The number of nitrogens with one attached hydrogen (secondary N) is 2.